The van der Waals surface area contributed by atoms with Crippen LogP contribution in [0.4, 0.5) is 5.82 Å². The summed E-state index contributed by atoms with van der Waals surface area (Å²) >= 11 is 0. The molecule has 0 spiro atoms. The van der Waals surface area contributed by atoms with Gasteiger partial charge in [-0.15, -0.1) is 0 Å². The molecular formula is C14H17N3O2. The average Bonchev–Trinajstić information content (AvgIpc) is 3.11. The fraction of sp³-hybridized carbons (Fsp3) is 0.357. The number of H-pyrrole nitrogens is 1. The molecule has 5 nitrogen and oxygen atoms in total. The summed E-state index contributed by atoms with van der Waals surface area (Å²) in [7, 11) is 0. The van der Waals surface area contributed by atoms with Gasteiger partial charge in [0, 0.05) is 6.20 Å². The van der Waals surface area contributed by atoms with Crippen LogP contribution in [0.15, 0.2) is 35.1 Å². The zero-order valence-corrected chi connectivity index (χ0v) is 10.6. The minimum atomic E-state index is -0.233. The van der Waals surface area contributed by atoms with E-state index in [1.807, 2.05) is 12.3 Å². The first kappa shape index (κ1) is 12.0. The number of carbonyl (C=O) groups excluding carboxylic acids is 1. The third-order valence-corrected chi connectivity index (χ3v) is 3.51. The molecule has 5 heteroatoms. The predicted octanol–water partition coefficient (Wildman–Crippen LogP) is 2.33. The Hall–Kier alpha value is -2.01. The molecular weight excluding hydrogens is 242 g/mol. The zero-order valence-electron chi connectivity index (χ0n) is 10.6. The minimum Gasteiger partial charge on any atom is -0.459 e. The molecule has 1 aliphatic heterocycles. The van der Waals surface area contributed by atoms with Crippen LogP contribution < -0.4 is 10.6 Å². The second-order valence-electron chi connectivity index (χ2n) is 4.80. The first-order chi connectivity index (χ1) is 9.33. The molecule has 0 radical (unpaired) electrons. The highest BCUT2D eigenvalue weighted by atomic mass is 16.3. The Bertz CT molecular complexity index is 539. The molecule has 2 aromatic rings. The SMILES string of the molecule is O=C(Nc1cc(C2CCNCC2)c[nH]1)c1ccco1. The van der Waals surface area contributed by atoms with Crippen LogP contribution in [0.25, 0.3) is 0 Å². The summed E-state index contributed by atoms with van der Waals surface area (Å²) in [5, 5.41) is 6.15. The van der Waals surface area contributed by atoms with Crippen molar-refractivity contribution in [3.8, 4) is 0 Å². The van der Waals surface area contributed by atoms with E-state index in [0.29, 0.717) is 11.7 Å². The van der Waals surface area contributed by atoms with Crippen LogP contribution in [0.3, 0.4) is 0 Å². The van der Waals surface area contributed by atoms with Crippen LogP contribution in [0.5, 0.6) is 0 Å². The molecule has 1 aliphatic rings. The maximum atomic E-state index is 11.8. The number of anilines is 1. The largest absolute Gasteiger partial charge is 0.459 e. The number of aromatic amines is 1. The molecule has 0 aromatic carbocycles. The van der Waals surface area contributed by atoms with Crippen molar-refractivity contribution in [1.29, 1.82) is 0 Å². The molecule has 1 amide bonds. The Balaban J connectivity index is 1.66. The number of piperidine rings is 1. The van der Waals surface area contributed by atoms with Crippen molar-refractivity contribution in [2.45, 2.75) is 18.8 Å². The van der Waals surface area contributed by atoms with Crippen LogP contribution in [-0.4, -0.2) is 24.0 Å². The van der Waals surface area contributed by atoms with Gasteiger partial charge in [0.25, 0.3) is 5.91 Å². The van der Waals surface area contributed by atoms with Crippen molar-refractivity contribution in [1.82, 2.24) is 10.3 Å². The molecule has 100 valence electrons. The van der Waals surface area contributed by atoms with Gasteiger partial charge in [-0.25, -0.2) is 0 Å². The Labute approximate surface area is 111 Å². The highest BCUT2D eigenvalue weighted by Gasteiger charge is 2.17. The molecule has 3 heterocycles. The fourth-order valence-corrected chi connectivity index (χ4v) is 2.47. The van der Waals surface area contributed by atoms with Gasteiger partial charge < -0.3 is 20.0 Å². The topological polar surface area (TPSA) is 70.1 Å². The maximum Gasteiger partial charge on any atom is 0.292 e. The number of carbonyl (C=O) groups is 1. The molecule has 0 unspecified atom stereocenters. The van der Waals surface area contributed by atoms with Crippen molar-refractivity contribution in [3.05, 3.63) is 42.0 Å². The Morgan fingerprint density at radius 1 is 1.37 bits per heavy atom. The molecule has 3 N–H and O–H groups in total. The van der Waals surface area contributed by atoms with Crippen molar-refractivity contribution >= 4 is 11.7 Å². The average molecular weight is 259 g/mol. The van der Waals surface area contributed by atoms with Gasteiger partial charge in [0.1, 0.15) is 5.82 Å². The number of amides is 1. The van der Waals surface area contributed by atoms with E-state index in [1.54, 1.807) is 12.1 Å². The molecule has 2 aromatic heterocycles. The van der Waals surface area contributed by atoms with Crippen LogP contribution >= 0.6 is 0 Å². The summed E-state index contributed by atoms with van der Waals surface area (Å²) in [6, 6.07) is 5.35. The van der Waals surface area contributed by atoms with Gasteiger partial charge in [-0.1, -0.05) is 0 Å². The van der Waals surface area contributed by atoms with Crippen LogP contribution in [0.1, 0.15) is 34.9 Å². The quantitative estimate of drug-likeness (QED) is 0.792. The molecule has 1 saturated heterocycles. The summed E-state index contributed by atoms with van der Waals surface area (Å²) in [5.41, 5.74) is 1.26. The summed E-state index contributed by atoms with van der Waals surface area (Å²) in [4.78, 5) is 14.9. The van der Waals surface area contributed by atoms with Crippen molar-refractivity contribution in [2.75, 3.05) is 18.4 Å². The molecule has 0 saturated carbocycles. The smallest absolute Gasteiger partial charge is 0.292 e. The van der Waals surface area contributed by atoms with Crippen molar-refractivity contribution in [3.63, 3.8) is 0 Å². The monoisotopic (exact) mass is 259 g/mol. The van der Waals surface area contributed by atoms with Gasteiger partial charge in [-0.05, 0) is 55.6 Å². The summed E-state index contributed by atoms with van der Waals surface area (Å²) in [5.74, 6) is 1.38. The summed E-state index contributed by atoms with van der Waals surface area (Å²) in [6.07, 6.45) is 5.75. The summed E-state index contributed by atoms with van der Waals surface area (Å²) in [6.45, 7) is 2.12. The maximum absolute atomic E-state index is 11.8. The molecule has 0 aliphatic carbocycles. The van der Waals surface area contributed by atoms with Crippen LogP contribution in [0.2, 0.25) is 0 Å². The van der Waals surface area contributed by atoms with E-state index in [0.717, 1.165) is 31.7 Å². The third kappa shape index (κ3) is 2.71. The molecule has 19 heavy (non-hydrogen) atoms. The van der Waals surface area contributed by atoms with Gasteiger partial charge >= 0.3 is 0 Å². The second-order valence-corrected chi connectivity index (χ2v) is 4.80. The van der Waals surface area contributed by atoms with Gasteiger partial charge in [0.05, 0.1) is 6.26 Å². The van der Waals surface area contributed by atoms with Crippen LogP contribution in [0, 0.1) is 0 Å². The lowest BCUT2D eigenvalue weighted by Gasteiger charge is -2.21. The molecule has 0 atom stereocenters. The van der Waals surface area contributed by atoms with E-state index >= 15 is 0 Å². The first-order valence-corrected chi connectivity index (χ1v) is 6.57. The second kappa shape index (κ2) is 5.32. The normalized spacial score (nSPS) is 16.4. The predicted molar refractivity (Wildman–Crippen MR) is 72.3 cm³/mol. The number of hydrogen-bond acceptors (Lipinski definition) is 3. The van der Waals surface area contributed by atoms with E-state index < -0.39 is 0 Å². The lowest BCUT2D eigenvalue weighted by atomic mass is 9.92. The number of nitrogens with one attached hydrogen (secondary N) is 3. The van der Waals surface area contributed by atoms with E-state index in [2.05, 4.69) is 15.6 Å². The number of furan rings is 1. The Morgan fingerprint density at radius 3 is 2.95 bits per heavy atom. The number of aromatic nitrogens is 1. The van der Waals surface area contributed by atoms with E-state index in [-0.39, 0.29) is 5.91 Å². The lowest BCUT2D eigenvalue weighted by Crippen LogP contribution is -2.26. The molecule has 0 bridgehead atoms. The lowest BCUT2D eigenvalue weighted by molar-refractivity contribution is 0.0996. The van der Waals surface area contributed by atoms with Gasteiger partial charge in [-0.2, -0.15) is 0 Å². The standard InChI is InChI=1S/C14H17N3O2/c18-14(12-2-1-7-19-12)17-13-8-11(9-16-13)10-3-5-15-6-4-10/h1-2,7-10,15-16H,3-6H2,(H,17,18). The fourth-order valence-electron chi connectivity index (χ4n) is 2.47. The minimum absolute atomic E-state index is 0.233. The van der Waals surface area contributed by atoms with Gasteiger partial charge in [0.15, 0.2) is 5.76 Å². The highest BCUT2D eigenvalue weighted by Crippen LogP contribution is 2.27. The first-order valence-electron chi connectivity index (χ1n) is 6.57. The van der Waals surface area contributed by atoms with E-state index in [1.165, 1.54) is 11.8 Å². The highest BCUT2D eigenvalue weighted by molar-refractivity contribution is 6.01. The van der Waals surface area contributed by atoms with E-state index in [9.17, 15) is 4.79 Å². The molecule has 1 fully saturated rings. The Kier molecular flexibility index (Phi) is 3.37. The molecule has 3 rings (SSSR count). The zero-order chi connectivity index (χ0) is 13.1. The number of hydrogen-bond donors (Lipinski definition) is 3. The van der Waals surface area contributed by atoms with E-state index in [4.69, 9.17) is 4.42 Å². The van der Waals surface area contributed by atoms with Gasteiger partial charge in [0.2, 0.25) is 0 Å². The van der Waals surface area contributed by atoms with Crippen molar-refractivity contribution < 1.29 is 9.21 Å². The Morgan fingerprint density at radius 2 is 2.21 bits per heavy atom. The van der Waals surface area contributed by atoms with Crippen molar-refractivity contribution in [2.24, 2.45) is 0 Å². The van der Waals surface area contributed by atoms with Gasteiger partial charge in [-0.3, -0.25) is 4.79 Å². The number of rotatable bonds is 3. The third-order valence-electron chi connectivity index (χ3n) is 3.51. The van der Waals surface area contributed by atoms with Crippen LogP contribution in [-0.2, 0) is 0 Å². The summed E-state index contributed by atoms with van der Waals surface area (Å²) < 4.78 is 5.06.